The maximum atomic E-state index is 11.7. The van der Waals surface area contributed by atoms with Crippen LogP contribution in [0.2, 0.25) is 0 Å². The zero-order valence-electron chi connectivity index (χ0n) is 9.50. The van der Waals surface area contributed by atoms with Crippen LogP contribution in [0, 0.1) is 0 Å². The molecule has 0 heterocycles. The summed E-state index contributed by atoms with van der Waals surface area (Å²) in [5.41, 5.74) is 0. The molecule has 0 aromatic rings. The fraction of sp³-hybridized carbons (Fsp3) is 1.00. The van der Waals surface area contributed by atoms with Crippen molar-refractivity contribution in [3.05, 3.63) is 0 Å². The van der Waals surface area contributed by atoms with Gasteiger partial charge >= 0.3 is 7.75 Å². The van der Waals surface area contributed by atoms with E-state index in [0.29, 0.717) is 0 Å². The smallest absolute Gasteiger partial charge is 0.310 e. The van der Waals surface area contributed by atoms with E-state index >= 15 is 0 Å². The van der Waals surface area contributed by atoms with E-state index in [4.69, 9.17) is 4.62 Å². The molecule has 0 bridgehead atoms. The lowest BCUT2D eigenvalue weighted by Gasteiger charge is -2.36. The van der Waals surface area contributed by atoms with Crippen molar-refractivity contribution in [1.29, 1.82) is 0 Å². The van der Waals surface area contributed by atoms with Gasteiger partial charge in [0.25, 0.3) is 0 Å². The summed E-state index contributed by atoms with van der Waals surface area (Å²) in [5.74, 6) is 0. The molecule has 0 rings (SSSR count). The van der Waals surface area contributed by atoms with Crippen molar-refractivity contribution in [3.8, 4) is 0 Å². The van der Waals surface area contributed by atoms with E-state index in [1.807, 2.05) is 0 Å². The van der Waals surface area contributed by atoms with Gasteiger partial charge in [-0.3, -0.25) is 0 Å². The molecule has 0 aliphatic rings. The van der Waals surface area contributed by atoms with Gasteiger partial charge < -0.3 is 4.89 Å². The Balaban J connectivity index is 4.72. The van der Waals surface area contributed by atoms with Gasteiger partial charge in [0.15, 0.2) is 0 Å². The molecule has 0 aromatic carbocycles. The van der Waals surface area contributed by atoms with Crippen LogP contribution < -0.4 is 0 Å². The summed E-state index contributed by atoms with van der Waals surface area (Å²) in [4.78, 5) is 10.8. The molecule has 0 aliphatic heterocycles. The van der Waals surface area contributed by atoms with Crippen molar-refractivity contribution in [1.82, 2.24) is 20.0 Å². The standard InChI is InChI=1S/C6H19N4O3P/c1-7(2)10(8(3)4)14(11,12)13-9(5)6/h1-6H3,(H,11,12). The summed E-state index contributed by atoms with van der Waals surface area (Å²) in [7, 11) is 5.85. The monoisotopic (exact) mass is 226 g/mol. The summed E-state index contributed by atoms with van der Waals surface area (Å²) < 4.78 is 16.6. The van der Waals surface area contributed by atoms with E-state index in [1.54, 1.807) is 42.3 Å². The minimum absolute atomic E-state index is 1.13. The predicted molar refractivity (Wildman–Crippen MR) is 53.8 cm³/mol. The second-order valence-corrected chi connectivity index (χ2v) is 4.85. The van der Waals surface area contributed by atoms with Crippen molar-refractivity contribution in [3.63, 3.8) is 0 Å². The van der Waals surface area contributed by atoms with Crippen LogP contribution in [0.5, 0.6) is 0 Å². The average Bonchev–Trinajstić information content (AvgIpc) is 1.77. The van der Waals surface area contributed by atoms with Crippen LogP contribution in [0.15, 0.2) is 0 Å². The molecule has 8 heteroatoms. The molecule has 0 aromatic heterocycles. The normalized spacial score (nSPS) is 17.1. The summed E-state index contributed by atoms with van der Waals surface area (Å²) in [6, 6.07) is 0. The second kappa shape index (κ2) is 5.18. The summed E-state index contributed by atoms with van der Waals surface area (Å²) in [5, 5.41) is 4.15. The molecule has 1 atom stereocenters. The third-order valence-electron chi connectivity index (χ3n) is 1.21. The number of hydrogen-bond donors (Lipinski definition) is 1. The fourth-order valence-electron chi connectivity index (χ4n) is 1.06. The Morgan fingerprint density at radius 2 is 1.36 bits per heavy atom. The van der Waals surface area contributed by atoms with E-state index < -0.39 is 7.75 Å². The molecule has 1 N–H and O–H groups in total. The van der Waals surface area contributed by atoms with E-state index in [2.05, 4.69) is 0 Å². The fourth-order valence-corrected chi connectivity index (χ4v) is 2.45. The van der Waals surface area contributed by atoms with Gasteiger partial charge in [-0.25, -0.2) is 19.2 Å². The molecule has 1 unspecified atom stereocenters. The predicted octanol–water partition coefficient (Wildman–Crippen LogP) is -0.165. The Labute approximate surface area is 84.9 Å². The Morgan fingerprint density at radius 3 is 1.57 bits per heavy atom. The lowest BCUT2D eigenvalue weighted by molar-refractivity contribution is -0.110. The van der Waals surface area contributed by atoms with Crippen molar-refractivity contribution in [2.45, 2.75) is 0 Å². The lowest BCUT2D eigenvalue weighted by Crippen LogP contribution is -2.44. The van der Waals surface area contributed by atoms with Gasteiger partial charge in [0.05, 0.1) is 0 Å². The third kappa shape index (κ3) is 4.02. The van der Waals surface area contributed by atoms with Crippen LogP contribution in [0.25, 0.3) is 0 Å². The van der Waals surface area contributed by atoms with Crippen LogP contribution in [0.3, 0.4) is 0 Å². The number of hydroxylamine groups is 2. The van der Waals surface area contributed by atoms with Gasteiger partial charge in [0, 0.05) is 42.3 Å². The zero-order chi connectivity index (χ0) is 11.5. The van der Waals surface area contributed by atoms with Gasteiger partial charge in [-0.2, -0.15) is 5.06 Å². The highest BCUT2D eigenvalue weighted by Gasteiger charge is 2.35. The quantitative estimate of drug-likeness (QED) is 0.516. The van der Waals surface area contributed by atoms with E-state index in [0.717, 1.165) is 4.89 Å². The highest BCUT2D eigenvalue weighted by atomic mass is 31.2. The van der Waals surface area contributed by atoms with Gasteiger partial charge in [-0.1, -0.05) is 4.89 Å². The number of hydrazine groups is 2. The van der Waals surface area contributed by atoms with Crippen LogP contribution in [-0.4, -0.2) is 67.1 Å². The highest BCUT2D eigenvalue weighted by Crippen LogP contribution is 2.47. The van der Waals surface area contributed by atoms with Crippen LogP contribution in [0.4, 0.5) is 0 Å². The minimum Gasteiger partial charge on any atom is -0.310 e. The molecule has 0 fully saturated rings. The van der Waals surface area contributed by atoms with Crippen molar-refractivity contribution < 1.29 is 14.1 Å². The first-order chi connectivity index (χ1) is 6.18. The number of nitrogens with zero attached hydrogens (tertiary/aromatic N) is 4. The number of rotatable bonds is 5. The van der Waals surface area contributed by atoms with Crippen LogP contribution in [0.1, 0.15) is 0 Å². The first-order valence-electron chi connectivity index (χ1n) is 4.03. The Bertz CT molecular complexity index is 213. The minimum atomic E-state index is -3.86. The van der Waals surface area contributed by atoms with Gasteiger partial charge in [0.1, 0.15) is 0 Å². The summed E-state index contributed by atoms with van der Waals surface area (Å²) >= 11 is 0. The van der Waals surface area contributed by atoms with Crippen molar-refractivity contribution in [2.24, 2.45) is 0 Å². The SMILES string of the molecule is CN(C)OP(=O)(O)N(N(C)C)N(C)C. The topological polar surface area (TPSA) is 59.5 Å². The van der Waals surface area contributed by atoms with E-state index in [-0.39, 0.29) is 0 Å². The maximum absolute atomic E-state index is 11.7. The van der Waals surface area contributed by atoms with Crippen molar-refractivity contribution in [2.75, 3.05) is 42.3 Å². The lowest BCUT2D eigenvalue weighted by atomic mass is 11.1. The molecule has 14 heavy (non-hydrogen) atoms. The average molecular weight is 226 g/mol. The summed E-state index contributed by atoms with van der Waals surface area (Å²) in [6.07, 6.45) is 0. The second-order valence-electron chi connectivity index (χ2n) is 3.35. The van der Waals surface area contributed by atoms with Crippen molar-refractivity contribution >= 4 is 7.75 Å². The molecule has 86 valence electrons. The third-order valence-corrected chi connectivity index (χ3v) is 2.92. The van der Waals surface area contributed by atoms with Crippen LogP contribution >= 0.6 is 7.75 Å². The molecular formula is C6H19N4O3P. The molecule has 0 aliphatic carbocycles. The molecular weight excluding hydrogens is 207 g/mol. The van der Waals surface area contributed by atoms with E-state index in [9.17, 15) is 9.46 Å². The maximum Gasteiger partial charge on any atom is 0.450 e. The number of hydrogen-bond acceptors (Lipinski definition) is 5. The molecule has 0 saturated heterocycles. The van der Waals surface area contributed by atoms with Gasteiger partial charge in [0.2, 0.25) is 0 Å². The molecule has 0 amide bonds. The first-order valence-corrected chi connectivity index (χ1v) is 5.56. The highest BCUT2D eigenvalue weighted by molar-refractivity contribution is 7.49. The largest absolute Gasteiger partial charge is 0.450 e. The Hall–Kier alpha value is -0.0100. The molecule has 0 spiro atoms. The molecule has 0 saturated carbocycles. The zero-order valence-corrected chi connectivity index (χ0v) is 10.4. The van der Waals surface area contributed by atoms with E-state index in [1.165, 1.54) is 15.1 Å². The molecule has 7 nitrogen and oxygen atoms in total. The Morgan fingerprint density at radius 1 is 1.00 bits per heavy atom. The first kappa shape index (κ1) is 14.0. The van der Waals surface area contributed by atoms with Crippen LogP contribution in [-0.2, 0) is 9.19 Å². The van der Waals surface area contributed by atoms with Gasteiger partial charge in [-0.05, 0) is 0 Å². The molecule has 0 radical (unpaired) electrons. The van der Waals surface area contributed by atoms with Gasteiger partial charge in [-0.15, -0.1) is 0 Å². The Kier molecular flexibility index (Phi) is 5.17. The summed E-state index contributed by atoms with van der Waals surface area (Å²) in [6.45, 7) is 0.